The van der Waals surface area contributed by atoms with Crippen LogP contribution in [-0.2, 0) is 11.3 Å². The van der Waals surface area contributed by atoms with E-state index in [1.807, 2.05) is 24.7 Å². The van der Waals surface area contributed by atoms with Crippen molar-refractivity contribution in [1.29, 1.82) is 0 Å². The van der Waals surface area contributed by atoms with Crippen molar-refractivity contribution in [2.24, 2.45) is 0 Å². The molecule has 1 N–H and O–H groups in total. The van der Waals surface area contributed by atoms with E-state index in [4.69, 9.17) is 4.74 Å². The van der Waals surface area contributed by atoms with Gasteiger partial charge in [-0.15, -0.1) is 0 Å². The second-order valence-electron chi connectivity index (χ2n) is 6.43. The second kappa shape index (κ2) is 6.72. The van der Waals surface area contributed by atoms with Gasteiger partial charge in [-0.1, -0.05) is 0 Å². The van der Waals surface area contributed by atoms with Gasteiger partial charge in [-0.25, -0.2) is 0 Å². The molecule has 0 unspecified atom stereocenters. The maximum atomic E-state index is 6.10. The molecule has 2 aromatic heterocycles. The monoisotopic (exact) mass is 312 g/mol. The number of H-pyrrole nitrogens is 1. The maximum Gasteiger partial charge on any atom is 0.0791 e. The fourth-order valence-electron chi connectivity index (χ4n) is 3.84. The number of anilines is 1. The molecule has 23 heavy (non-hydrogen) atoms. The van der Waals surface area contributed by atoms with Crippen molar-refractivity contribution in [3.8, 4) is 0 Å². The fourth-order valence-corrected chi connectivity index (χ4v) is 3.84. The lowest BCUT2D eigenvalue weighted by molar-refractivity contribution is 0.00892. The van der Waals surface area contributed by atoms with Crippen molar-refractivity contribution < 1.29 is 4.74 Å². The molecule has 0 bridgehead atoms. The molecule has 2 aliphatic rings. The Balaban J connectivity index is 1.47. The van der Waals surface area contributed by atoms with Crippen LogP contribution in [-0.4, -0.2) is 53.3 Å². The maximum absolute atomic E-state index is 6.10. The molecule has 4 heterocycles. The Bertz CT molecular complexity index is 601. The van der Waals surface area contributed by atoms with E-state index in [1.54, 1.807) is 0 Å². The van der Waals surface area contributed by atoms with E-state index in [9.17, 15) is 0 Å². The number of nitrogens with zero attached hydrogens (tertiary/aromatic N) is 3. The van der Waals surface area contributed by atoms with Gasteiger partial charge in [-0.3, -0.25) is 9.88 Å². The summed E-state index contributed by atoms with van der Waals surface area (Å²) in [5, 5.41) is 0. The highest BCUT2D eigenvalue weighted by Crippen LogP contribution is 2.28. The van der Waals surface area contributed by atoms with E-state index in [2.05, 4.69) is 38.0 Å². The molecule has 0 radical (unpaired) electrons. The van der Waals surface area contributed by atoms with Gasteiger partial charge in [0, 0.05) is 44.3 Å². The molecule has 0 spiro atoms. The first-order valence-corrected chi connectivity index (χ1v) is 8.53. The minimum atomic E-state index is 0.331. The lowest BCUT2D eigenvalue weighted by Crippen LogP contribution is -2.51. The predicted molar refractivity (Wildman–Crippen MR) is 90.4 cm³/mol. The molecule has 2 aromatic rings. The van der Waals surface area contributed by atoms with Crippen molar-refractivity contribution in [1.82, 2.24) is 14.9 Å². The van der Waals surface area contributed by atoms with Crippen molar-refractivity contribution in [3.05, 3.63) is 48.5 Å². The Morgan fingerprint density at radius 3 is 2.96 bits per heavy atom. The zero-order chi connectivity index (χ0) is 15.5. The van der Waals surface area contributed by atoms with Gasteiger partial charge >= 0.3 is 0 Å². The highest BCUT2D eigenvalue weighted by molar-refractivity contribution is 5.45. The normalized spacial score (nSPS) is 25.8. The molecule has 5 heteroatoms. The first kappa shape index (κ1) is 14.7. The first-order valence-electron chi connectivity index (χ1n) is 8.53. The number of aromatic amines is 1. The largest absolute Gasteiger partial charge is 0.374 e. The number of ether oxygens (including phenoxy) is 1. The van der Waals surface area contributed by atoms with E-state index in [0.29, 0.717) is 12.1 Å². The van der Waals surface area contributed by atoms with E-state index in [-0.39, 0.29) is 0 Å². The summed E-state index contributed by atoms with van der Waals surface area (Å²) in [6.07, 6.45) is 8.39. The van der Waals surface area contributed by atoms with Crippen LogP contribution < -0.4 is 4.90 Å². The number of pyridine rings is 1. The Morgan fingerprint density at radius 1 is 1.17 bits per heavy atom. The average Bonchev–Trinajstić information content (AvgIpc) is 3.02. The molecule has 2 saturated heterocycles. The lowest BCUT2D eigenvalue weighted by Gasteiger charge is -2.41. The van der Waals surface area contributed by atoms with Crippen LogP contribution in [0.25, 0.3) is 0 Å². The van der Waals surface area contributed by atoms with Gasteiger partial charge < -0.3 is 14.6 Å². The molecule has 0 aromatic carbocycles. The molecule has 0 saturated carbocycles. The van der Waals surface area contributed by atoms with Gasteiger partial charge in [0.25, 0.3) is 0 Å². The third kappa shape index (κ3) is 3.26. The van der Waals surface area contributed by atoms with Crippen LogP contribution in [0.15, 0.2) is 42.9 Å². The Labute approximate surface area is 137 Å². The van der Waals surface area contributed by atoms with Gasteiger partial charge in [-0.2, -0.15) is 0 Å². The van der Waals surface area contributed by atoms with Crippen LogP contribution in [0.4, 0.5) is 5.69 Å². The van der Waals surface area contributed by atoms with Gasteiger partial charge in [0.2, 0.25) is 0 Å². The molecule has 5 nitrogen and oxygen atoms in total. The summed E-state index contributed by atoms with van der Waals surface area (Å²) in [7, 11) is 0. The summed E-state index contributed by atoms with van der Waals surface area (Å²) in [6, 6.07) is 8.88. The summed E-state index contributed by atoms with van der Waals surface area (Å²) < 4.78 is 6.10. The third-order valence-corrected chi connectivity index (χ3v) is 5.00. The highest BCUT2D eigenvalue weighted by Gasteiger charge is 2.34. The number of morpholine rings is 1. The lowest BCUT2D eigenvalue weighted by atomic mass is 10.0. The highest BCUT2D eigenvalue weighted by atomic mass is 16.5. The van der Waals surface area contributed by atoms with Crippen LogP contribution in [0.3, 0.4) is 0 Å². The molecular weight excluding hydrogens is 288 g/mol. The second-order valence-corrected chi connectivity index (χ2v) is 6.43. The Hall–Kier alpha value is -1.85. The number of likely N-dealkylation sites (tertiary alicyclic amines) is 1. The third-order valence-electron chi connectivity index (χ3n) is 5.00. The predicted octanol–water partition coefficient (Wildman–Crippen LogP) is 2.28. The summed E-state index contributed by atoms with van der Waals surface area (Å²) in [5.41, 5.74) is 2.52. The van der Waals surface area contributed by atoms with E-state index >= 15 is 0 Å². The molecule has 0 amide bonds. The van der Waals surface area contributed by atoms with Gasteiger partial charge in [0.1, 0.15) is 0 Å². The van der Waals surface area contributed by atoms with Gasteiger partial charge in [0.15, 0.2) is 0 Å². The minimum absolute atomic E-state index is 0.331. The quantitative estimate of drug-likeness (QED) is 0.944. The smallest absolute Gasteiger partial charge is 0.0791 e. The number of nitrogens with one attached hydrogen (secondary N) is 1. The first-order chi connectivity index (χ1) is 11.4. The molecule has 2 aliphatic heterocycles. The van der Waals surface area contributed by atoms with Gasteiger partial charge in [0.05, 0.1) is 30.6 Å². The van der Waals surface area contributed by atoms with Crippen LogP contribution in [0.5, 0.6) is 0 Å². The topological polar surface area (TPSA) is 44.4 Å². The Kier molecular flexibility index (Phi) is 4.30. The van der Waals surface area contributed by atoms with Crippen LogP contribution >= 0.6 is 0 Å². The van der Waals surface area contributed by atoms with E-state index in [1.165, 1.54) is 11.4 Å². The molecule has 4 rings (SSSR count). The number of rotatable bonds is 3. The summed E-state index contributed by atoms with van der Waals surface area (Å²) in [6.45, 7) is 4.98. The summed E-state index contributed by atoms with van der Waals surface area (Å²) in [4.78, 5) is 12.6. The Morgan fingerprint density at radius 2 is 2.13 bits per heavy atom. The van der Waals surface area contributed by atoms with Crippen molar-refractivity contribution in [2.45, 2.75) is 31.5 Å². The zero-order valence-electron chi connectivity index (χ0n) is 13.4. The average molecular weight is 312 g/mol. The van der Waals surface area contributed by atoms with Crippen LogP contribution in [0.2, 0.25) is 0 Å². The van der Waals surface area contributed by atoms with Crippen molar-refractivity contribution in [3.63, 3.8) is 0 Å². The minimum Gasteiger partial charge on any atom is -0.374 e. The van der Waals surface area contributed by atoms with Crippen LogP contribution in [0, 0.1) is 0 Å². The van der Waals surface area contributed by atoms with Gasteiger partial charge in [-0.05, 0) is 37.1 Å². The van der Waals surface area contributed by atoms with E-state index in [0.717, 1.165) is 45.6 Å². The van der Waals surface area contributed by atoms with Crippen LogP contribution in [0.1, 0.15) is 18.5 Å². The fraction of sp³-hybridized carbons (Fsp3) is 0.500. The van der Waals surface area contributed by atoms with Crippen molar-refractivity contribution in [2.75, 3.05) is 31.1 Å². The summed E-state index contributed by atoms with van der Waals surface area (Å²) >= 11 is 0. The number of hydrogen-bond donors (Lipinski definition) is 1. The summed E-state index contributed by atoms with van der Waals surface area (Å²) in [5.74, 6) is 0. The SMILES string of the molecule is c1cncc(N2CCO[C@H]3CCN(Cc4ccc[nH]4)CC[C@H]32)c1. The molecule has 122 valence electrons. The number of fused-ring (bicyclic) bond motifs is 1. The number of hydrogen-bond acceptors (Lipinski definition) is 4. The molecule has 2 atom stereocenters. The molecular formula is C18H24N4O. The van der Waals surface area contributed by atoms with E-state index < -0.39 is 0 Å². The zero-order valence-corrected chi connectivity index (χ0v) is 13.4. The molecule has 2 fully saturated rings. The standard InChI is InChI=1S/C18H24N4O/c1-3-15(20-8-1)14-21-9-5-17-18(6-10-21)23-12-11-22(17)16-4-2-7-19-13-16/h1-4,7-8,13,17-18,20H,5-6,9-12,14H2/t17-,18+/m1/s1. The number of aromatic nitrogens is 2. The van der Waals surface area contributed by atoms with Crippen molar-refractivity contribution >= 4 is 5.69 Å². The molecule has 0 aliphatic carbocycles.